The summed E-state index contributed by atoms with van der Waals surface area (Å²) in [7, 11) is 0. The number of guanidine groups is 1. The van der Waals surface area contributed by atoms with Crippen molar-refractivity contribution in [1.82, 2.24) is 15.2 Å². The Hall–Kier alpha value is -1.38. The molecule has 0 bridgehead atoms. The van der Waals surface area contributed by atoms with Crippen LogP contribution < -0.4 is 11.1 Å². The van der Waals surface area contributed by atoms with Crippen molar-refractivity contribution in [3.8, 4) is 0 Å². The lowest BCUT2D eigenvalue weighted by molar-refractivity contribution is 0.0954. The number of hydrogen-bond donors (Lipinski definition) is 2. The van der Waals surface area contributed by atoms with Crippen LogP contribution in [0.15, 0.2) is 29.5 Å². The van der Waals surface area contributed by atoms with Gasteiger partial charge in [-0.3, -0.25) is 14.8 Å². The molecular weight excluding hydrogens is 381 g/mol. The number of hydrogen-bond acceptors (Lipinski definition) is 3. The second-order valence-electron chi connectivity index (χ2n) is 4.79. The molecule has 7 heteroatoms. The van der Waals surface area contributed by atoms with E-state index in [-0.39, 0.29) is 29.9 Å². The number of pyridine rings is 1. The van der Waals surface area contributed by atoms with Crippen molar-refractivity contribution in [2.75, 3.05) is 26.2 Å². The van der Waals surface area contributed by atoms with Gasteiger partial charge < -0.3 is 16.0 Å². The van der Waals surface area contributed by atoms with E-state index < -0.39 is 0 Å². The molecule has 0 saturated carbocycles. The summed E-state index contributed by atoms with van der Waals surface area (Å²) in [5, 5.41) is 2.80. The molecule has 1 aromatic rings. The molecule has 2 rings (SSSR count). The van der Waals surface area contributed by atoms with Crippen LogP contribution >= 0.6 is 24.0 Å². The van der Waals surface area contributed by atoms with Gasteiger partial charge in [0.15, 0.2) is 5.96 Å². The van der Waals surface area contributed by atoms with Crippen LogP contribution in [0.4, 0.5) is 0 Å². The van der Waals surface area contributed by atoms with E-state index in [2.05, 4.69) is 20.2 Å². The summed E-state index contributed by atoms with van der Waals surface area (Å²) in [6.45, 7) is 2.94. The van der Waals surface area contributed by atoms with Crippen molar-refractivity contribution in [1.29, 1.82) is 0 Å². The zero-order valence-corrected chi connectivity index (χ0v) is 14.3. The summed E-state index contributed by atoms with van der Waals surface area (Å²) < 4.78 is 0. The lowest BCUT2D eigenvalue weighted by Gasteiger charge is -2.27. The van der Waals surface area contributed by atoms with E-state index >= 15 is 0 Å². The molecule has 0 unspecified atom stereocenters. The fourth-order valence-corrected chi connectivity index (χ4v) is 2.16. The number of aliphatic imine (C=N–C) groups is 1. The number of likely N-dealkylation sites (tertiary alicyclic amines) is 1. The van der Waals surface area contributed by atoms with E-state index in [1.165, 1.54) is 19.3 Å². The summed E-state index contributed by atoms with van der Waals surface area (Å²) in [4.78, 5) is 22.1. The standard InChI is InChI=1S/C14H21N5O.HI/c15-14(19-9-2-1-3-10-19)18-8-7-17-13(20)12-5-4-6-16-11-12;/h4-6,11H,1-3,7-10H2,(H2,15,18)(H,17,20);1H. The smallest absolute Gasteiger partial charge is 0.252 e. The summed E-state index contributed by atoms with van der Waals surface area (Å²) >= 11 is 0. The SMILES string of the molecule is I.NC(=NCCNC(=O)c1cccnc1)N1CCCCC1. The van der Waals surface area contributed by atoms with E-state index in [9.17, 15) is 4.79 Å². The van der Waals surface area contributed by atoms with Gasteiger partial charge in [0.05, 0.1) is 12.1 Å². The van der Waals surface area contributed by atoms with Crippen LogP contribution in [0.1, 0.15) is 29.6 Å². The lowest BCUT2D eigenvalue weighted by Crippen LogP contribution is -2.41. The quantitative estimate of drug-likeness (QED) is 0.343. The number of nitrogens with zero attached hydrogens (tertiary/aromatic N) is 3. The van der Waals surface area contributed by atoms with Crippen LogP contribution in [0.3, 0.4) is 0 Å². The number of rotatable bonds is 4. The van der Waals surface area contributed by atoms with E-state index in [4.69, 9.17) is 5.73 Å². The van der Waals surface area contributed by atoms with Crippen molar-refractivity contribution in [2.24, 2.45) is 10.7 Å². The maximum atomic E-state index is 11.7. The molecule has 1 aromatic heterocycles. The minimum atomic E-state index is -0.134. The van der Waals surface area contributed by atoms with Crippen LogP contribution in [-0.2, 0) is 0 Å². The predicted molar refractivity (Wildman–Crippen MR) is 93.9 cm³/mol. The average molecular weight is 403 g/mol. The summed E-state index contributed by atoms with van der Waals surface area (Å²) in [6.07, 6.45) is 6.80. The van der Waals surface area contributed by atoms with E-state index in [0.29, 0.717) is 24.6 Å². The molecule has 6 nitrogen and oxygen atoms in total. The fraction of sp³-hybridized carbons (Fsp3) is 0.500. The third kappa shape index (κ3) is 5.86. The fourth-order valence-electron chi connectivity index (χ4n) is 2.16. The topological polar surface area (TPSA) is 83.6 Å². The molecule has 0 atom stereocenters. The number of carbonyl (C=O) groups is 1. The highest BCUT2D eigenvalue weighted by Gasteiger charge is 2.11. The Morgan fingerprint density at radius 1 is 1.38 bits per heavy atom. The minimum absolute atomic E-state index is 0. The third-order valence-corrected chi connectivity index (χ3v) is 3.27. The van der Waals surface area contributed by atoms with E-state index in [1.807, 2.05) is 0 Å². The highest BCUT2D eigenvalue weighted by atomic mass is 127. The molecule has 1 amide bonds. The molecule has 21 heavy (non-hydrogen) atoms. The van der Waals surface area contributed by atoms with Gasteiger partial charge in [-0.25, -0.2) is 0 Å². The minimum Gasteiger partial charge on any atom is -0.370 e. The van der Waals surface area contributed by atoms with Crippen molar-refractivity contribution in [2.45, 2.75) is 19.3 Å². The van der Waals surface area contributed by atoms with Crippen LogP contribution in [0.5, 0.6) is 0 Å². The van der Waals surface area contributed by atoms with Crippen molar-refractivity contribution in [3.05, 3.63) is 30.1 Å². The molecule has 1 fully saturated rings. The molecule has 3 N–H and O–H groups in total. The van der Waals surface area contributed by atoms with Gasteiger partial charge in [0.2, 0.25) is 0 Å². The number of nitrogens with one attached hydrogen (secondary N) is 1. The van der Waals surface area contributed by atoms with Crippen LogP contribution in [0.2, 0.25) is 0 Å². The van der Waals surface area contributed by atoms with Gasteiger partial charge in [-0.1, -0.05) is 0 Å². The number of piperidine rings is 1. The first kappa shape index (κ1) is 17.7. The Balaban J connectivity index is 0.00000220. The molecule has 0 radical (unpaired) electrons. The first-order valence-corrected chi connectivity index (χ1v) is 7.00. The van der Waals surface area contributed by atoms with Crippen molar-refractivity contribution < 1.29 is 4.79 Å². The van der Waals surface area contributed by atoms with Crippen LogP contribution in [0.25, 0.3) is 0 Å². The third-order valence-electron chi connectivity index (χ3n) is 3.27. The normalized spacial score (nSPS) is 15.2. The Bertz CT molecular complexity index is 460. The lowest BCUT2D eigenvalue weighted by atomic mass is 10.1. The number of nitrogens with two attached hydrogens (primary N) is 1. The van der Waals surface area contributed by atoms with Gasteiger partial charge in [0.25, 0.3) is 5.91 Å². The first-order valence-electron chi connectivity index (χ1n) is 7.00. The Labute approximate surface area is 142 Å². The average Bonchev–Trinajstić information content (AvgIpc) is 2.53. The van der Waals surface area contributed by atoms with Gasteiger partial charge in [0.1, 0.15) is 0 Å². The maximum absolute atomic E-state index is 11.7. The van der Waals surface area contributed by atoms with Gasteiger partial charge in [-0.05, 0) is 31.4 Å². The summed E-state index contributed by atoms with van der Waals surface area (Å²) in [6, 6.07) is 3.47. The number of amides is 1. The second kappa shape index (κ2) is 9.54. The molecule has 2 heterocycles. The first-order chi connectivity index (χ1) is 9.77. The van der Waals surface area contributed by atoms with Gasteiger partial charge in [-0.2, -0.15) is 0 Å². The molecule has 116 valence electrons. The molecule has 1 aliphatic rings. The Kier molecular flexibility index (Phi) is 8.03. The van der Waals surface area contributed by atoms with Gasteiger partial charge in [-0.15, -0.1) is 24.0 Å². The number of aromatic nitrogens is 1. The molecule has 0 aliphatic carbocycles. The van der Waals surface area contributed by atoms with Gasteiger partial charge in [0, 0.05) is 32.0 Å². The number of halogens is 1. The Morgan fingerprint density at radius 3 is 2.81 bits per heavy atom. The van der Waals surface area contributed by atoms with Gasteiger partial charge >= 0.3 is 0 Å². The zero-order valence-electron chi connectivity index (χ0n) is 12.0. The van der Waals surface area contributed by atoms with Crippen LogP contribution in [0, 0.1) is 0 Å². The van der Waals surface area contributed by atoms with E-state index in [0.717, 1.165) is 13.1 Å². The zero-order chi connectivity index (χ0) is 14.2. The Morgan fingerprint density at radius 2 is 2.14 bits per heavy atom. The summed E-state index contributed by atoms with van der Waals surface area (Å²) in [5.41, 5.74) is 6.49. The highest BCUT2D eigenvalue weighted by molar-refractivity contribution is 14.0. The summed E-state index contributed by atoms with van der Waals surface area (Å²) in [5.74, 6) is 0.449. The van der Waals surface area contributed by atoms with Crippen LogP contribution in [-0.4, -0.2) is 47.9 Å². The monoisotopic (exact) mass is 403 g/mol. The number of carbonyl (C=O) groups excluding carboxylic acids is 1. The maximum Gasteiger partial charge on any atom is 0.252 e. The van der Waals surface area contributed by atoms with E-state index in [1.54, 1.807) is 24.5 Å². The predicted octanol–water partition coefficient (Wildman–Crippen LogP) is 1.23. The molecule has 0 spiro atoms. The molecule has 0 aromatic carbocycles. The second-order valence-corrected chi connectivity index (χ2v) is 4.79. The highest BCUT2D eigenvalue weighted by Crippen LogP contribution is 2.07. The van der Waals surface area contributed by atoms with Crippen molar-refractivity contribution in [3.63, 3.8) is 0 Å². The largest absolute Gasteiger partial charge is 0.370 e. The molecular formula is C14H22IN5O. The molecule has 1 aliphatic heterocycles. The van der Waals surface area contributed by atoms with Crippen molar-refractivity contribution >= 4 is 35.8 Å². The molecule has 1 saturated heterocycles.